The van der Waals surface area contributed by atoms with E-state index in [4.69, 9.17) is 0 Å². The zero-order chi connectivity index (χ0) is 13.1. The van der Waals surface area contributed by atoms with Gasteiger partial charge in [0.25, 0.3) is 0 Å². The molecule has 1 aliphatic heterocycles. The summed E-state index contributed by atoms with van der Waals surface area (Å²) < 4.78 is 0. The van der Waals surface area contributed by atoms with Gasteiger partial charge in [-0.2, -0.15) is 0 Å². The highest BCUT2D eigenvalue weighted by Crippen LogP contribution is 2.29. The number of aliphatic hydroxyl groups excluding tert-OH is 1. The van der Waals surface area contributed by atoms with Crippen LogP contribution in [0.5, 0.6) is 0 Å². The average molecular weight is 260 g/mol. The summed E-state index contributed by atoms with van der Waals surface area (Å²) in [5.41, 5.74) is 1.03. The highest BCUT2D eigenvalue weighted by molar-refractivity contribution is 5.17. The number of nitrogens with one attached hydrogen (secondary N) is 1. The molecule has 1 saturated carbocycles. The predicted molar refractivity (Wildman–Crippen MR) is 77.0 cm³/mol. The summed E-state index contributed by atoms with van der Waals surface area (Å²) in [6, 6.07) is 11.4. The summed E-state index contributed by atoms with van der Waals surface area (Å²) in [7, 11) is 0. The first-order chi connectivity index (χ1) is 9.33. The quantitative estimate of drug-likeness (QED) is 0.820. The van der Waals surface area contributed by atoms with Gasteiger partial charge in [0.1, 0.15) is 0 Å². The number of nitrogens with zero attached hydrogens (tertiary/aromatic N) is 1. The van der Waals surface area contributed by atoms with Crippen LogP contribution in [0, 0.1) is 0 Å². The van der Waals surface area contributed by atoms with Crippen molar-refractivity contribution in [2.75, 3.05) is 19.6 Å². The Balaban J connectivity index is 1.58. The third-order valence-electron chi connectivity index (χ3n) is 4.27. The van der Waals surface area contributed by atoms with Gasteiger partial charge in [0.05, 0.1) is 6.10 Å². The van der Waals surface area contributed by atoms with Crippen LogP contribution in [-0.4, -0.2) is 41.7 Å². The highest BCUT2D eigenvalue weighted by Gasteiger charge is 2.32. The molecule has 3 nitrogen and oxygen atoms in total. The van der Waals surface area contributed by atoms with Crippen LogP contribution in [0.25, 0.3) is 0 Å². The molecule has 0 spiro atoms. The molecule has 0 bridgehead atoms. The van der Waals surface area contributed by atoms with E-state index >= 15 is 0 Å². The standard InChI is InChI=1S/C16H24N2O/c19-16(13-5-2-1-3-6-13)12-18(15-8-9-15)11-14-7-4-10-17-14/h1-3,5-6,14-17,19H,4,7-12H2. The molecule has 1 heterocycles. The molecule has 1 saturated heterocycles. The second-order valence-electron chi connectivity index (χ2n) is 5.90. The fraction of sp³-hybridized carbons (Fsp3) is 0.625. The molecule has 0 aromatic heterocycles. The Labute approximate surface area is 115 Å². The van der Waals surface area contributed by atoms with Crippen molar-refractivity contribution >= 4 is 0 Å². The zero-order valence-electron chi connectivity index (χ0n) is 11.5. The topological polar surface area (TPSA) is 35.5 Å². The zero-order valence-corrected chi connectivity index (χ0v) is 11.5. The van der Waals surface area contributed by atoms with E-state index in [9.17, 15) is 5.11 Å². The maximum absolute atomic E-state index is 10.4. The lowest BCUT2D eigenvalue weighted by molar-refractivity contribution is 0.103. The van der Waals surface area contributed by atoms with Crippen LogP contribution in [0.2, 0.25) is 0 Å². The summed E-state index contributed by atoms with van der Waals surface area (Å²) in [5.74, 6) is 0. The van der Waals surface area contributed by atoms with Crippen molar-refractivity contribution in [1.29, 1.82) is 0 Å². The molecule has 3 heteroatoms. The molecule has 1 aromatic carbocycles. The van der Waals surface area contributed by atoms with E-state index < -0.39 is 0 Å². The van der Waals surface area contributed by atoms with E-state index in [1.807, 2.05) is 30.3 Å². The van der Waals surface area contributed by atoms with Crippen molar-refractivity contribution in [3.63, 3.8) is 0 Å². The van der Waals surface area contributed by atoms with Gasteiger partial charge in [0, 0.05) is 25.2 Å². The van der Waals surface area contributed by atoms with Gasteiger partial charge in [-0.1, -0.05) is 30.3 Å². The van der Waals surface area contributed by atoms with Crippen LogP contribution in [0.1, 0.15) is 37.4 Å². The minimum Gasteiger partial charge on any atom is -0.387 e. The first-order valence-corrected chi connectivity index (χ1v) is 7.53. The summed E-state index contributed by atoms with van der Waals surface area (Å²) >= 11 is 0. The normalized spacial score (nSPS) is 24.8. The average Bonchev–Trinajstić information content (AvgIpc) is 3.17. The maximum Gasteiger partial charge on any atom is 0.0917 e. The molecule has 2 N–H and O–H groups in total. The van der Waals surface area contributed by atoms with Gasteiger partial charge in [-0.15, -0.1) is 0 Å². The Morgan fingerprint density at radius 2 is 2.00 bits per heavy atom. The Bertz CT molecular complexity index is 385. The lowest BCUT2D eigenvalue weighted by atomic mass is 10.1. The monoisotopic (exact) mass is 260 g/mol. The summed E-state index contributed by atoms with van der Waals surface area (Å²) in [5, 5.41) is 13.9. The van der Waals surface area contributed by atoms with Crippen LogP contribution in [0.4, 0.5) is 0 Å². The predicted octanol–water partition coefficient (Wildman–Crippen LogP) is 1.94. The van der Waals surface area contributed by atoms with E-state index in [0.717, 1.165) is 25.2 Å². The second-order valence-corrected chi connectivity index (χ2v) is 5.90. The van der Waals surface area contributed by atoms with Gasteiger partial charge >= 0.3 is 0 Å². The maximum atomic E-state index is 10.4. The lowest BCUT2D eigenvalue weighted by Gasteiger charge is -2.28. The van der Waals surface area contributed by atoms with E-state index in [1.165, 1.54) is 25.7 Å². The Kier molecular flexibility index (Phi) is 4.16. The van der Waals surface area contributed by atoms with Gasteiger partial charge in [-0.25, -0.2) is 0 Å². The van der Waals surface area contributed by atoms with Gasteiger partial charge < -0.3 is 10.4 Å². The van der Waals surface area contributed by atoms with Crippen molar-refractivity contribution < 1.29 is 5.11 Å². The van der Waals surface area contributed by atoms with Gasteiger partial charge in [0.2, 0.25) is 0 Å². The third-order valence-corrected chi connectivity index (χ3v) is 4.27. The molecule has 0 amide bonds. The minimum absolute atomic E-state index is 0.358. The minimum atomic E-state index is -0.358. The van der Waals surface area contributed by atoms with E-state index in [0.29, 0.717) is 12.1 Å². The molecule has 2 aliphatic rings. The van der Waals surface area contributed by atoms with Crippen molar-refractivity contribution in [1.82, 2.24) is 10.2 Å². The van der Waals surface area contributed by atoms with E-state index in [-0.39, 0.29) is 6.10 Å². The van der Waals surface area contributed by atoms with Crippen LogP contribution in [0.3, 0.4) is 0 Å². The highest BCUT2D eigenvalue weighted by atomic mass is 16.3. The van der Waals surface area contributed by atoms with Crippen LogP contribution < -0.4 is 5.32 Å². The number of benzene rings is 1. The van der Waals surface area contributed by atoms with Gasteiger partial charge in [0.15, 0.2) is 0 Å². The van der Waals surface area contributed by atoms with Gasteiger partial charge in [-0.3, -0.25) is 4.90 Å². The Morgan fingerprint density at radius 3 is 2.63 bits per heavy atom. The summed E-state index contributed by atoms with van der Waals surface area (Å²) in [6.45, 7) is 3.02. The van der Waals surface area contributed by atoms with Crippen molar-refractivity contribution in [3.8, 4) is 0 Å². The smallest absolute Gasteiger partial charge is 0.0917 e. The Hall–Kier alpha value is -0.900. The fourth-order valence-corrected chi connectivity index (χ4v) is 3.01. The molecular weight excluding hydrogens is 236 g/mol. The molecule has 2 atom stereocenters. The van der Waals surface area contributed by atoms with Gasteiger partial charge in [-0.05, 0) is 37.8 Å². The van der Waals surface area contributed by atoms with Crippen LogP contribution >= 0.6 is 0 Å². The van der Waals surface area contributed by atoms with Crippen LogP contribution in [0.15, 0.2) is 30.3 Å². The molecule has 0 radical (unpaired) electrons. The Morgan fingerprint density at radius 1 is 1.21 bits per heavy atom. The van der Waals surface area contributed by atoms with Crippen molar-refractivity contribution in [2.24, 2.45) is 0 Å². The molecular formula is C16H24N2O. The van der Waals surface area contributed by atoms with E-state index in [2.05, 4.69) is 10.2 Å². The number of hydrogen-bond donors (Lipinski definition) is 2. The molecule has 3 rings (SSSR count). The molecule has 1 aromatic rings. The first-order valence-electron chi connectivity index (χ1n) is 7.53. The van der Waals surface area contributed by atoms with Crippen molar-refractivity contribution in [2.45, 2.75) is 43.9 Å². The number of aliphatic hydroxyl groups is 1. The number of rotatable bonds is 6. The molecule has 19 heavy (non-hydrogen) atoms. The molecule has 2 fully saturated rings. The molecule has 104 valence electrons. The largest absolute Gasteiger partial charge is 0.387 e. The summed E-state index contributed by atoms with van der Waals surface area (Å²) in [6.07, 6.45) is 4.82. The van der Waals surface area contributed by atoms with E-state index in [1.54, 1.807) is 0 Å². The fourth-order valence-electron chi connectivity index (χ4n) is 3.01. The first kappa shape index (κ1) is 13.1. The SMILES string of the molecule is OC(CN(CC1CCCN1)C1CC1)c1ccccc1. The number of hydrogen-bond acceptors (Lipinski definition) is 3. The lowest BCUT2D eigenvalue weighted by Crippen LogP contribution is -2.40. The van der Waals surface area contributed by atoms with Crippen LogP contribution in [-0.2, 0) is 0 Å². The summed E-state index contributed by atoms with van der Waals surface area (Å²) in [4.78, 5) is 2.49. The molecule has 2 unspecified atom stereocenters. The third kappa shape index (κ3) is 3.56. The molecule has 1 aliphatic carbocycles. The second kappa shape index (κ2) is 6.04. The van der Waals surface area contributed by atoms with Crippen molar-refractivity contribution in [3.05, 3.63) is 35.9 Å².